The number of fused-ring (bicyclic) bond motifs is 2. The second-order valence-corrected chi connectivity index (χ2v) is 9.32. The fourth-order valence-corrected chi connectivity index (χ4v) is 5.95. The van der Waals surface area contributed by atoms with Gasteiger partial charge in [0.1, 0.15) is 5.71 Å². The van der Waals surface area contributed by atoms with Crippen molar-refractivity contribution in [1.82, 2.24) is 4.48 Å². The van der Waals surface area contributed by atoms with Crippen LogP contribution in [0.3, 0.4) is 0 Å². The molecule has 3 heterocycles. The Morgan fingerprint density at radius 1 is 1.16 bits per heavy atom. The number of aromatic nitrogens is 1. The van der Waals surface area contributed by atoms with Crippen molar-refractivity contribution in [2.75, 3.05) is 0 Å². The van der Waals surface area contributed by atoms with Crippen molar-refractivity contribution in [3.05, 3.63) is 77.7 Å². The second kappa shape index (κ2) is 7.51. The highest BCUT2D eigenvalue weighted by molar-refractivity contribution is 9.10. The van der Waals surface area contributed by atoms with Crippen molar-refractivity contribution in [2.24, 2.45) is 0 Å². The van der Waals surface area contributed by atoms with Crippen molar-refractivity contribution in [3.8, 4) is 0 Å². The summed E-state index contributed by atoms with van der Waals surface area (Å²) in [5.74, 6) is 0. The van der Waals surface area contributed by atoms with E-state index in [4.69, 9.17) is 0 Å². The lowest BCUT2D eigenvalue weighted by Gasteiger charge is -2.33. The molecule has 168 valence electrons. The molecule has 0 bridgehead atoms. The molecule has 9 heteroatoms. The summed E-state index contributed by atoms with van der Waals surface area (Å²) >= 11 is 3.31. The van der Waals surface area contributed by atoms with Gasteiger partial charge in [-0.15, -0.1) is 0 Å². The molecular formula is C23H25BBrF2N3O2. The van der Waals surface area contributed by atoms with Crippen molar-refractivity contribution < 1.29 is 18.0 Å². The normalized spacial score (nSPS) is 17.3. The maximum absolute atomic E-state index is 16.2. The first-order chi connectivity index (χ1) is 15.0. The topological polar surface area (TPSA) is 51.1 Å². The van der Waals surface area contributed by atoms with E-state index >= 15 is 8.63 Å². The maximum Gasteiger partial charge on any atom is 0.737 e. The number of hydrogen-bond donors (Lipinski definition) is 0. The minimum Gasteiger partial charge on any atom is -0.393 e. The van der Waals surface area contributed by atoms with Crippen LogP contribution in [-0.2, 0) is 6.42 Å². The summed E-state index contributed by atoms with van der Waals surface area (Å²) in [6.45, 7) is 6.85. The molecule has 0 N–H and O–H groups in total. The SMILES string of the molecule is CCC1=C(C)C2=C(c3ccc(Br)cc3[N+](=O)[O-])c3c(C)c(CC)c(C)n3[B-](F)(F)[N+]2=C1C. The molecule has 0 atom stereocenters. The minimum absolute atomic E-state index is 0.113. The molecule has 5 nitrogen and oxygen atoms in total. The standard InChI is InChI=1S/C23H25BBrF2N3O2/c1-7-17-12(3)22-21(19-10-9-16(25)11-20(19)30(31)32)23-13(4)18(8-2)15(6)29(23)24(26,27)28(22)14(17)5/h9-11H,7-8H2,1-6H3. The molecule has 2 aliphatic rings. The van der Waals surface area contributed by atoms with E-state index in [1.807, 2.05) is 27.7 Å². The van der Waals surface area contributed by atoms with E-state index in [9.17, 15) is 10.1 Å². The van der Waals surface area contributed by atoms with Gasteiger partial charge in [0.25, 0.3) is 5.69 Å². The van der Waals surface area contributed by atoms with E-state index in [1.54, 1.807) is 26.0 Å². The summed E-state index contributed by atoms with van der Waals surface area (Å²) in [5, 5.41) is 12.0. The van der Waals surface area contributed by atoms with Gasteiger partial charge in [0.2, 0.25) is 0 Å². The molecule has 1 aromatic heterocycles. The van der Waals surface area contributed by atoms with Gasteiger partial charge in [-0.2, -0.15) is 0 Å². The van der Waals surface area contributed by atoms with Crippen LogP contribution in [-0.4, -0.2) is 26.6 Å². The Kier molecular flexibility index (Phi) is 5.31. The Balaban J connectivity index is 2.28. The maximum atomic E-state index is 16.2. The zero-order valence-electron chi connectivity index (χ0n) is 19.0. The summed E-state index contributed by atoms with van der Waals surface area (Å²) in [6.07, 6.45) is 1.21. The third-order valence-electron chi connectivity index (χ3n) is 6.92. The van der Waals surface area contributed by atoms with E-state index in [-0.39, 0.29) is 5.69 Å². The van der Waals surface area contributed by atoms with Crippen LogP contribution in [0, 0.1) is 24.0 Å². The highest BCUT2D eigenvalue weighted by Gasteiger charge is 2.57. The Morgan fingerprint density at radius 3 is 2.38 bits per heavy atom. The number of hydrogen-bond acceptors (Lipinski definition) is 2. The number of allylic oxidation sites excluding steroid dienone is 2. The summed E-state index contributed by atoms with van der Waals surface area (Å²) in [7, 11) is 0. The lowest BCUT2D eigenvalue weighted by atomic mass is 9.83. The number of nitro groups is 1. The predicted octanol–water partition coefficient (Wildman–Crippen LogP) is 6.55. The zero-order chi connectivity index (χ0) is 23.7. The van der Waals surface area contributed by atoms with Gasteiger partial charge in [-0.25, -0.2) is 0 Å². The van der Waals surface area contributed by atoms with Crippen molar-refractivity contribution >= 4 is 39.9 Å². The van der Waals surface area contributed by atoms with Crippen molar-refractivity contribution in [2.45, 2.75) is 54.4 Å². The predicted molar refractivity (Wildman–Crippen MR) is 127 cm³/mol. The molecule has 1 aromatic carbocycles. The molecule has 0 fully saturated rings. The summed E-state index contributed by atoms with van der Waals surface area (Å²) in [5.41, 5.74) is 5.73. The molecule has 0 unspecified atom stereocenters. The molecule has 0 radical (unpaired) electrons. The van der Waals surface area contributed by atoms with Crippen LogP contribution < -0.4 is 0 Å². The molecule has 0 spiro atoms. The van der Waals surface area contributed by atoms with Crippen LogP contribution in [0.4, 0.5) is 14.3 Å². The monoisotopic (exact) mass is 503 g/mol. The average molecular weight is 504 g/mol. The number of nitro benzene ring substituents is 1. The lowest BCUT2D eigenvalue weighted by Crippen LogP contribution is -2.51. The van der Waals surface area contributed by atoms with Gasteiger partial charge in [0, 0.05) is 34.3 Å². The summed E-state index contributed by atoms with van der Waals surface area (Å²) in [4.78, 5) is 11.6. The molecule has 0 amide bonds. The first kappa shape index (κ1) is 22.6. The zero-order valence-corrected chi connectivity index (χ0v) is 20.6. The number of rotatable bonds is 4. The molecule has 2 aliphatic heterocycles. The van der Waals surface area contributed by atoms with E-state index in [0.717, 1.165) is 31.2 Å². The Labute approximate surface area is 194 Å². The molecule has 2 aromatic rings. The third kappa shape index (κ3) is 2.83. The second-order valence-electron chi connectivity index (χ2n) is 8.40. The van der Waals surface area contributed by atoms with Crippen LogP contribution in [0.15, 0.2) is 39.5 Å². The van der Waals surface area contributed by atoms with Gasteiger partial charge >= 0.3 is 6.97 Å². The van der Waals surface area contributed by atoms with Crippen LogP contribution in [0.1, 0.15) is 62.2 Å². The molecule has 32 heavy (non-hydrogen) atoms. The van der Waals surface area contributed by atoms with Gasteiger partial charge in [-0.05, 0) is 62.6 Å². The molecule has 0 saturated carbocycles. The van der Waals surface area contributed by atoms with E-state index in [0.29, 0.717) is 51.2 Å². The number of benzene rings is 1. The summed E-state index contributed by atoms with van der Waals surface area (Å²) in [6, 6.07) is 4.82. The largest absolute Gasteiger partial charge is 0.737 e. The molecular weight excluding hydrogens is 479 g/mol. The van der Waals surface area contributed by atoms with Gasteiger partial charge in [0.15, 0.2) is 5.70 Å². The quantitative estimate of drug-likeness (QED) is 0.270. The lowest BCUT2D eigenvalue weighted by molar-refractivity contribution is -0.385. The fraction of sp³-hybridized carbons (Fsp3) is 0.348. The third-order valence-corrected chi connectivity index (χ3v) is 7.41. The van der Waals surface area contributed by atoms with E-state index in [1.165, 1.54) is 6.07 Å². The highest BCUT2D eigenvalue weighted by atomic mass is 79.9. The van der Waals surface area contributed by atoms with E-state index < -0.39 is 11.9 Å². The fourth-order valence-electron chi connectivity index (χ4n) is 5.60. The Bertz CT molecular complexity index is 1300. The molecule has 0 saturated heterocycles. The van der Waals surface area contributed by atoms with Crippen LogP contribution in [0.25, 0.3) is 5.57 Å². The van der Waals surface area contributed by atoms with Gasteiger partial charge in [-0.1, -0.05) is 29.8 Å². The van der Waals surface area contributed by atoms with Crippen molar-refractivity contribution in [1.29, 1.82) is 0 Å². The molecule has 4 rings (SSSR count). The van der Waals surface area contributed by atoms with Gasteiger partial charge in [0.05, 0.1) is 16.1 Å². The number of nitrogens with zero attached hydrogens (tertiary/aromatic N) is 3. The first-order valence-corrected chi connectivity index (χ1v) is 11.5. The summed E-state index contributed by atoms with van der Waals surface area (Å²) < 4.78 is 35.3. The number of halogens is 3. The first-order valence-electron chi connectivity index (χ1n) is 10.7. The minimum atomic E-state index is -4.16. The van der Waals surface area contributed by atoms with Gasteiger partial charge < -0.3 is 17.6 Å². The Morgan fingerprint density at radius 2 is 1.81 bits per heavy atom. The van der Waals surface area contributed by atoms with E-state index in [2.05, 4.69) is 15.9 Å². The van der Waals surface area contributed by atoms with Crippen LogP contribution in [0.5, 0.6) is 0 Å². The Hall–Kier alpha value is -2.55. The van der Waals surface area contributed by atoms with Crippen molar-refractivity contribution in [3.63, 3.8) is 0 Å². The van der Waals surface area contributed by atoms with Gasteiger partial charge in [-0.3, -0.25) is 10.1 Å². The van der Waals surface area contributed by atoms with Crippen LogP contribution in [0.2, 0.25) is 0 Å². The molecule has 0 aliphatic carbocycles. The highest BCUT2D eigenvalue weighted by Crippen LogP contribution is 2.48. The van der Waals surface area contributed by atoms with Crippen LogP contribution >= 0.6 is 15.9 Å². The average Bonchev–Trinajstić information content (AvgIpc) is 3.13. The smallest absolute Gasteiger partial charge is 0.393 e.